The highest BCUT2D eigenvalue weighted by atomic mass is 15.2. The molecule has 0 aliphatic carbocycles. The molecule has 0 bridgehead atoms. The third-order valence-corrected chi connectivity index (χ3v) is 6.00. The molecular formula is C28H31N9. The number of anilines is 2. The summed E-state index contributed by atoms with van der Waals surface area (Å²) in [6, 6.07) is 2.43. The van der Waals surface area contributed by atoms with Gasteiger partial charge in [-0.15, -0.1) is 0 Å². The monoisotopic (exact) mass is 493 g/mol. The number of aromatic nitrogens is 7. The quantitative estimate of drug-likeness (QED) is 0.323. The third-order valence-electron chi connectivity index (χ3n) is 6.00. The summed E-state index contributed by atoms with van der Waals surface area (Å²) in [7, 11) is 0. The Morgan fingerprint density at radius 2 is 2.05 bits per heavy atom. The van der Waals surface area contributed by atoms with E-state index in [2.05, 4.69) is 67.8 Å². The molecule has 0 unspecified atom stereocenters. The summed E-state index contributed by atoms with van der Waals surface area (Å²) < 4.78 is 1.99. The normalized spacial score (nSPS) is 14.5. The third kappa shape index (κ3) is 4.88. The van der Waals surface area contributed by atoms with Crippen molar-refractivity contribution in [2.24, 2.45) is 0 Å². The Morgan fingerprint density at radius 3 is 2.78 bits per heavy atom. The summed E-state index contributed by atoms with van der Waals surface area (Å²) in [6.45, 7) is 10.2. The van der Waals surface area contributed by atoms with Crippen LogP contribution in [-0.2, 0) is 0 Å². The Labute approximate surface area is 215 Å². The van der Waals surface area contributed by atoms with Crippen molar-refractivity contribution >= 4 is 34.9 Å². The number of nitrogens with one attached hydrogen (secondary N) is 4. The topological polar surface area (TPSA) is 112 Å². The minimum Gasteiger partial charge on any atom is -0.382 e. The van der Waals surface area contributed by atoms with Gasteiger partial charge in [0, 0.05) is 41.6 Å². The molecule has 5 rings (SSSR count). The fourth-order valence-corrected chi connectivity index (χ4v) is 4.30. The molecule has 0 saturated carbocycles. The molecule has 9 nitrogen and oxygen atoms in total. The highest BCUT2D eigenvalue weighted by molar-refractivity contribution is 5.90. The number of aryl methyl sites for hydroxylation is 1. The minimum atomic E-state index is 0.319. The zero-order chi connectivity index (χ0) is 25.9. The van der Waals surface area contributed by atoms with E-state index in [9.17, 15) is 0 Å². The van der Waals surface area contributed by atoms with Crippen molar-refractivity contribution in [3.8, 4) is 11.5 Å². The molecule has 1 aliphatic rings. The Hall–Kier alpha value is -4.66. The minimum absolute atomic E-state index is 0.319. The standard InChI is InChI=1S/C28H31N9/c1-6-19(20-11-21(14-29-13-20)32-17(3)4)12-22-23(7-2)35-36-25(22)28-33-26-24(37-15-18(5)31-16-37)9-8-10-30-27(26)34-28/h6-17,30,32,35H,1-5H3,(H,33,34)/b19-6-,22-12+,23-7+. The number of hydrogen-bond acceptors (Lipinski definition) is 6. The molecule has 0 saturated heterocycles. The van der Waals surface area contributed by atoms with Gasteiger partial charge in [-0.05, 0) is 64.5 Å². The first-order valence-corrected chi connectivity index (χ1v) is 12.3. The van der Waals surface area contributed by atoms with E-state index in [0.29, 0.717) is 11.9 Å². The SMILES string of the molecule is C/C=C(/C=c1/c(-c2nc3c([nH]2)C(n2cnc(C)c2)=CC=CN3)n[nH]/c1=C/C)c1cncc(NC(C)C)c1. The van der Waals surface area contributed by atoms with E-state index in [0.717, 1.165) is 56.0 Å². The maximum atomic E-state index is 4.87. The first-order chi connectivity index (χ1) is 18.0. The smallest absolute Gasteiger partial charge is 0.161 e. The van der Waals surface area contributed by atoms with Gasteiger partial charge in [-0.1, -0.05) is 12.2 Å². The number of allylic oxidation sites excluding steroid dienone is 4. The van der Waals surface area contributed by atoms with Crippen LogP contribution in [0.1, 0.15) is 44.6 Å². The van der Waals surface area contributed by atoms with Gasteiger partial charge < -0.3 is 20.2 Å². The molecule has 4 aromatic rings. The Morgan fingerprint density at radius 1 is 1.19 bits per heavy atom. The number of nitrogens with zero attached hydrogens (tertiary/aromatic N) is 5. The molecule has 0 atom stereocenters. The van der Waals surface area contributed by atoms with Crippen LogP contribution in [0.5, 0.6) is 0 Å². The van der Waals surface area contributed by atoms with E-state index in [-0.39, 0.29) is 0 Å². The van der Waals surface area contributed by atoms with Crippen LogP contribution in [0.4, 0.5) is 11.5 Å². The molecule has 0 fully saturated rings. The largest absolute Gasteiger partial charge is 0.382 e. The first kappa shape index (κ1) is 24.1. The second kappa shape index (κ2) is 10.1. The molecule has 9 heteroatoms. The predicted molar refractivity (Wildman–Crippen MR) is 150 cm³/mol. The molecule has 1 aliphatic heterocycles. The average Bonchev–Trinajstić information content (AvgIpc) is 3.58. The first-order valence-electron chi connectivity index (χ1n) is 12.3. The van der Waals surface area contributed by atoms with E-state index in [1.165, 1.54) is 0 Å². The second-order valence-corrected chi connectivity index (χ2v) is 9.12. The Kier molecular flexibility index (Phi) is 6.59. The molecule has 4 N–H and O–H groups in total. The lowest BCUT2D eigenvalue weighted by Gasteiger charge is -2.11. The summed E-state index contributed by atoms with van der Waals surface area (Å²) in [5.41, 5.74) is 6.51. The van der Waals surface area contributed by atoms with Gasteiger partial charge in [0.05, 0.1) is 28.8 Å². The van der Waals surface area contributed by atoms with Gasteiger partial charge in [0.15, 0.2) is 11.6 Å². The van der Waals surface area contributed by atoms with E-state index < -0.39 is 0 Å². The molecule has 5 heterocycles. The Bertz CT molecular complexity index is 1640. The lowest BCUT2D eigenvalue weighted by atomic mass is 10.1. The lowest BCUT2D eigenvalue weighted by Crippen LogP contribution is -2.23. The Balaban J connectivity index is 1.60. The van der Waals surface area contributed by atoms with Crippen LogP contribution < -0.4 is 21.2 Å². The van der Waals surface area contributed by atoms with Gasteiger partial charge in [0.1, 0.15) is 11.4 Å². The van der Waals surface area contributed by atoms with Gasteiger partial charge in [0.2, 0.25) is 0 Å². The summed E-state index contributed by atoms with van der Waals surface area (Å²) in [4.78, 5) is 17.2. The fourth-order valence-electron chi connectivity index (χ4n) is 4.30. The molecule has 0 radical (unpaired) electrons. The van der Waals surface area contributed by atoms with Gasteiger partial charge in [-0.3, -0.25) is 10.1 Å². The number of fused-ring (bicyclic) bond motifs is 1. The number of H-pyrrole nitrogens is 2. The molecule has 0 spiro atoms. The summed E-state index contributed by atoms with van der Waals surface area (Å²) in [5.74, 6) is 1.38. The van der Waals surface area contributed by atoms with Crippen LogP contribution in [-0.4, -0.2) is 40.7 Å². The van der Waals surface area contributed by atoms with Gasteiger partial charge >= 0.3 is 0 Å². The van der Waals surface area contributed by atoms with Crippen molar-refractivity contribution in [3.63, 3.8) is 0 Å². The second-order valence-electron chi connectivity index (χ2n) is 9.12. The van der Waals surface area contributed by atoms with Crippen molar-refractivity contribution in [2.75, 3.05) is 10.6 Å². The predicted octanol–water partition coefficient (Wildman–Crippen LogP) is 4.03. The van der Waals surface area contributed by atoms with Crippen LogP contribution in [0.3, 0.4) is 0 Å². The van der Waals surface area contributed by atoms with Crippen LogP contribution in [0.2, 0.25) is 0 Å². The molecule has 37 heavy (non-hydrogen) atoms. The average molecular weight is 494 g/mol. The fraction of sp³-hybridized carbons (Fsp3) is 0.214. The van der Waals surface area contributed by atoms with E-state index in [4.69, 9.17) is 4.98 Å². The van der Waals surface area contributed by atoms with Crippen LogP contribution in [0.15, 0.2) is 55.4 Å². The van der Waals surface area contributed by atoms with E-state index in [1.807, 2.05) is 68.4 Å². The van der Waals surface area contributed by atoms with Crippen LogP contribution in [0.25, 0.3) is 34.9 Å². The lowest BCUT2D eigenvalue weighted by molar-refractivity contribution is 0.897. The van der Waals surface area contributed by atoms with Crippen molar-refractivity contribution < 1.29 is 0 Å². The van der Waals surface area contributed by atoms with Crippen molar-refractivity contribution in [1.82, 2.24) is 34.7 Å². The van der Waals surface area contributed by atoms with Crippen molar-refractivity contribution in [3.05, 3.63) is 82.9 Å². The molecule has 4 aromatic heterocycles. The van der Waals surface area contributed by atoms with E-state index >= 15 is 0 Å². The molecule has 0 amide bonds. The number of rotatable bonds is 6. The maximum absolute atomic E-state index is 4.87. The number of hydrogen-bond donors (Lipinski definition) is 4. The van der Waals surface area contributed by atoms with Crippen LogP contribution in [0, 0.1) is 6.92 Å². The zero-order valence-electron chi connectivity index (χ0n) is 21.7. The maximum Gasteiger partial charge on any atom is 0.161 e. The summed E-state index contributed by atoms with van der Waals surface area (Å²) in [5, 5.41) is 16.4. The number of aromatic amines is 2. The number of imidazole rings is 2. The van der Waals surface area contributed by atoms with E-state index in [1.54, 1.807) is 6.33 Å². The molecule has 188 valence electrons. The van der Waals surface area contributed by atoms with Gasteiger partial charge in [-0.25, -0.2) is 9.97 Å². The molecule has 0 aromatic carbocycles. The van der Waals surface area contributed by atoms with Gasteiger partial charge in [-0.2, -0.15) is 5.10 Å². The highest BCUT2D eigenvalue weighted by Crippen LogP contribution is 2.28. The van der Waals surface area contributed by atoms with Crippen molar-refractivity contribution in [2.45, 2.75) is 40.7 Å². The number of pyridine rings is 1. The highest BCUT2D eigenvalue weighted by Gasteiger charge is 2.20. The molecular weight excluding hydrogens is 462 g/mol. The van der Waals surface area contributed by atoms with Gasteiger partial charge in [0.25, 0.3) is 0 Å². The van der Waals surface area contributed by atoms with Crippen molar-refractivity contribution in [1.29, 1.82) is 0 Å². The zero-order valence-corrected chi connectivity index (χ0v) is 21.7. The summed E-state index contributed by atoms with van der Waals surface area (Å²) >= 11 is 0. The summed E-state index contributed by atoms with van der Waals surface area (Å²) in [6.07, 6.45) is 19.6. The van der Waals surface area contributed by atoms with Crippen LogP contribution >= 0.6 is 0 Å².